The Morgan fingerprint density at radius 2 is 1.62 bits per heavy atom. The van der Waals surface area contributed by atoms with Crippen LogP contribution in [-0.4, -0.2) is 19.0 Å². The van der Waals surface area contributed by atoms with Gasteiger partial charge in [0.05, 0.1) is 11.4 Å². The van der Waals surface area contributed by atoms with Gasteiger partial charge in [-0.25, -0.2) is 0 Å². The summed E-state index contributed by atoms with van der Waals surface area (Å²) in [6.45, 7) is 1.61. The van der Waals surface area contributed by atoms with E-state index in [1.54, 1.807) is 25.8 Å². The molecule has 0 N–H and O–H groups in total. The minimum atomic E-state index is -0.130. The summed E-state index contributed by atoms with van der Waals surface area (Å²) in [4.78, 5) is 12.7. The minimum absolute atomic E-state index is 0.0995. The standard InChI is InChI=1S/C18H20O2S/c1-14(19)13-17(20-2)18(15-9-5-3-6-10-15)21-16-11-7-4-8-12-16/h3-12,17-18H,13H2,1-2H3. The van der Waals surface area contributed by atoms with E-state index in [1.165, 1.54) is 10.5 Å². The van der Waals surface area contributed by atoms with Crippen molar-refractivity contribution in [1.82, 2.24) is 0 Å². The number of rotatable bonds is 7. The normalized spacial score (nSPS) is 13.6. The van der Waals surface area contributed by atoms with Crippen LogP contribution in [0, 0.1) is 0 Å². The van der Waals surface area contributed by atoms with Crippen molar-refractivity contribution in [3.63, 3.8) is 0 Å². The largest absolute Gasteiger partial charge is 0.379 e. The maximum Gasteiger partial charge on any atom is 0.132 e. The maximum absolute atomic E-state index is 11.5. The molecule has 0 aliphatic rings. The summed E-state index contributed by atoms with van der Waals surface area (Å²) in [5.41, 5.74) is 1.18. The summed E-state index contributed by atoms with van der Waals surface area (Å²) in [5.74, 6) is 0.149. The molecule has 0 amide bonds. The molecule has 2 aromatic carbocycles. The molecule has 0 spiro atoms. The number of thioether (sulfide) groups is 1. The van der Waals surface area contributed by atoms with Crippen molar-refractivity contribution >= 4 is 17.5 Å². The Morgan fingerprint density at radius 1 is 1.05 bits per heavy atom. The van der Waals surface area contributed by atoms with Crippen molar-refractivity contribution in [1.29, 1.82) is 0 Å². The first-order valence-corrected chi connectivity index (χ1v) is 7.87. The van der Waals surface area contributed by atoms with Crippen LogP contribution in [-0.2, 0) is 9.53 Å². The lowest BCUT2D eigenvalue weighted by Crippen LogP contribution is -2.21. The van der Waals surface area contributed by atoms with Crippen molar-refractivity contribution in [2.24, 2.45) is 0 Å². The number of ketones is 1. The summed E-state index contributed by atoms with van der Waals surface area (Å²) in [5, 5.41) is 0.0995. The highest BCUT2D eigenvalue weighted by molar-refractivity contribution is 7.99. The van der Waals surface area contributed by atoms with E-state index in [0.29, 0.717) is 6.42 Å². The van der Waals surface area contributed by atoms with E-state index in [2.05, 4.69) is 24.3 Å². The third kappa shape index (κ3) is 4.73. The Kier molecular flexibility index (Phi) is 6.03. The Balaban J connectivity index is 2.27. The van der Waals surface area contributed by atoms with Crippen molar-refractivity contribution in [2.75, 3.05) is 7.11 Å². The second-order valence-corrected chi connectivity index (χ2v) is 6.16. The summed E-state index contributed by atoms with van der Waals surface area (Å²) >= 11 is 1.74. The quantitative estimate of drug-likeness (QED) is 0.704. The highest BCUT2D eigenvalue weighted by Crippen LogP contribution is 2.39. The molecule has 2 unspecified atom stereocenters. The van der Waals surface area contributed by atoms with Gasteiger partial charge >= 0.3 is 0 Å². The molecule has 0 aliphatic carbocycles. The van der Waals surface area contributed by atoms with Gasteiger partial charge in [-0.05, 0) is 24.6 Å². The lowest BCUT2D eigenvalue weighted by atomic mass is 10.0. The van der Waals surface area contributed by atoms with Crippen LogP contribution in [0.3, 0.4) is 0 Å². The van der Waals surface area contributed by atoms with Gasteiger partial charge in [-0.2, -0.15) is 0 Å². The van der Waals surface area contributed by atoms with Crippen LogP contribution in [0.25, 0.3) is 0 Å². The first-order valence-electron chi connectivity index (χ1n) is 6.99. The molecule has 0 saturated heterocycles. The molecular formula is C18H20O2S. The Morgan fingerprint density at radius 3 is 2.14 bits per heavy atom. The molecule has 3 heteroatoms. The topological polar surface area (TPSA) is 26.3 Å². The van der Waals surface area contributed by atoms with Gasteiger partial charge in [0.2, 0.25) is 0 Å². The lowest BCUT2D eigenvalue weighted by Gasteiger charge is -2.25. The molecule has 2 nitrogen and oxygen atoms in total. The van der Waals surface area contributed by atoms with Crippen LogP contribution in [0.5, 0.6) is 0 Å². The highest BCUT2D eigenvalue weighted by atomic mass is 32.2. The van der Waals surface area contributed by atoms with Crippen molar-refractivity contribution in [3.05, 3.63) is 66.2 Å². The molecule has 2 rings (SSSR count). The van der Waals surface area contributed by atoms with Crippen LogP contribution in [0.4, 0.5) is 0 Å². The number of Topliss-reactive ketones (excluding diaryl/α,β-unsaturated/α-hetero) is 1. The first kappa shape index (κ1) is 15.8. The van der Waals surface area contributed by atoms with E-state index in [0.717, 1.165) is 0 Å². The lowest BCUT2D eigenvalue weighted by molar-refractivity contribution is -0.119. The van der Waals surface area contributed by atoms with Crippen LogP contribution >= 0.6 is 11.8 Å². The van der Waals surface area contributed by atoms with E-state index in [4.69, 9.17) is 4.74 Å². The summed E-state index contributed by atoms with van der Waals surface area (Å²) in [7, 11) is 1.68. The zero-order valence-corrected chi connectivity index (χ0v) is 13.2. The number of carbonyl (C=O) groups excluding carboxylic acids is 1. The number of benzene rings is 2. The minimum Gasteiger partial charge on any atom is -0.379 e. The van der Waals surface area contributed by atoms with Crippen molar-refractivity contribution in [2.45, 2.75) is 29.6 Å². The van der Waals surface area contributed by atoms with Gasteiger partial charge in [0.25, 0.3) is 0 Å². The van der Waals surface area contributed by atoms with Gasteiger partial charge < -0.3 is 4.74 Å². The SMILES string of the molecule is COC(CC(C)=O)C(Sc1ccccc1)c1ccccc1. The predicted octanol–water partition coefficient (Wildman–Crippen LogP) is 4.51. The Bertz CT molecular complexity index is 554. The maximum atomic E-state index is 11.5. The summed E-state index contributed by atoms with van der Waals surface area (Å²) in [6.07, 6.45) is 0.297. The molecule has 0 radical (unpaired) electrons. The average molecular weight is 300 g/mol. The molecular weight excluding hydrogens is 280 g/mol. The van der Waals surface area contributed by atoms with E-state index in [-0.39, 0.29) is 17.1 Å². The number of hydrogen-bond donors (Lipinski definition) is 0. The fourth-order valence-corrected chi connectivity index (χ4v) is 3.50. The van der Waals surface area contributed by atoms with E-state index < -0.39 is 0 Å². The molecule has 0 aliphatic heterocycles. The van der Waals surface area contributed by atoms with Crippen LogP contribution in [0.2, 0.25) is 0 Å². The van der Waals surface area contributed by atoms with E-state index in [1.807, 2.05) is 36.4 Å². The zero-order chi connectivity index (χ0) is 15.1. The second kappa shape index (κ2) is 8.01. The highest BCUT2D eigenvalue weighted by Gasteiger charge is 2.25. The number of hydrogen-bond acceptors (Lipinski definition) is 3. The van der Waals surface area contributed by atoms with Gasteiger partial charge in [0, 0.05) is 18.4 Å². The number of methoxy groups -OCH3 is 1. The zero-order valence-electron chi connectivity index (χ0n) is 12.4. The molecule has 0 heterocycles. The van der Waals surface area contributed by atoms with Crippen LogP contribution < -0.4 is 0 Å². The Labute approximate surface area is 130 Å². The number of ether oxygens (including phenoxy) is 1. The van der Waals surface area contributed by atoms with Crippen molar-refractivity contribution < 1.29 is 9.53 Å². The van der Waals surface area contributed by atoms with Gasteiger partial charge in [-0.1, -0.05) is 48.5 Å². The van der Waals surface area contributed by atoms with Gasteiger partial charge in [-0.15, -0.1) is 11.8 Å². The van der Waals surface area contributed by atoms with Gasteiger partial charge in [0.1, 0.15) is 5.78 Å². The molecule has 0 aromatic heterocycles. The summed E-state index contributed by atoms with van der Waals surface area (Å²) < 4.78 is 5.61. The first-order chi connectivity index (χ1) is 10.2. The second-order valence-electron chi connectivity index (χ2n) is 4.94. The van der Waals surface area contributed by atoms with E-state index >= 15 is 0 Å². The van der Waals surface area contributed by atoms with Crippen molar-refractivity contribution in [3.8, 4) is 0 Å². The third-order valence-electron chi connectivity index (χ3n) is 3.26. The number of carbonyl (C=O) groups is 1. The average Bonchev–Trinajstić information content (AvgIpc) is 2.52. The van der Waals surface area contributed by atoms with E-state index in [9.17, 15) is 4.79 Å². The van der Waals surface area contributed by atoms with Gasteiger partial charge in [-0.3, -0.25) is 4.79 Å². The fraction of sp³-hybridized carbons (Fsp3) is 0.278. The molecule has 0 bridgehead atoms. The third-order valence-corrected chi connectivity index (χ3v) is 4.64. The Hall–Kier alpha value is -1.58. The molecule has 2 atom stereocenters. The summed E-state index contributed by atoms with van der Waals surface area (Å²) in [6, 6.07) is 20.4. The predicted molar refractivity (Wildman–Crippen MR) is 87.6 cm³/mol. The fourth-order valence-electron chi connectivity index (χ4n) is 2.24. The monoisotopic (exact) mass is 300 g/mol. The van der Waals surface area contributed by atoms with Crippen LogP contribution in [0.15, 0.2) is 65.6 Å². The molecule has 110 valence electrons. The molecule has 21 heavy (non-hydrogen) atoms. The van der Waals surface area contributed by atoms with Crippen LogP contribution in [0.1, 0.15) is 24.2 Å². The van der Waals surface area contributed by atoms with Gasteiger partial charge in [0.15, 0.2) is 0 Å². The molecule has 0 saturated carbocycles. The molecule has 2 aromatic rings. The molecule has 0 fully saturated rings. The smallest absolute Gasteiger partial charge is 0.132 e.